The van der Waals surface area contributed by atoms with E-state index in [0.717, 1.165) is 42.0 Å². The molecule has 0 aromatic heterocycles. The number of carbonyl (C=O) groups excluding carboxylic acids is 2. The van der Waals surface area contributed by atoms with Crippen LogP contribution >= 0.6 is 12.4 Å². The molecule has 0 aliphatic carbocycles. The Bertz CT molecular complexity index is 751. The van der Waals surface area contributed by atoms with Crippen molar-refractivity contribution in [3.8, 4) is 0 Å². The molecule has 7 heteroatoms. The van der Waals surface area contributed by atoms with Crippen LogP contribution in [0.3, 0.4) is 0 Å². The Balaban J connectivity index is 0.00000512. The SMILES string of the molecule is CC(C)CNCC(=O)Nc1ccc(Cc2ccc(NC(=O)CNCC(C)C)cc2)cc1.Cl. The molecule has 2 rings (SSSR count). The number of nitrogens with one attached hydrogen (secondary N) is 4. The molecule has 6 nitrogen and oxygen atoms in total. The molecule has 0 radical (unpaired) electrons. The van der Waals surface area contributed by atoms with Crippen molar-refractivity contribution in [2.24, 2.45) is 11.8 Å². The second-order valence-electron chi connectivity index (χ2n) is 8.72. The van der Waals surface area contributed by atoms with Crippen molar-refractivity contribution in [3.05, 3.63) is 59.7 Å². The summed E-state index contributed by atoms with van der Waals surface area (Å²) in [5.74, 6) is 0.962. The molecule has 4 N–H and O–H groups in total. The lowest BCUT2D eigenvalue weighted by atomic mass is 10.0. The van der Waals surface area contributed by atoms with Crippen LogP contribution in [0.25, 0.3) is 0 Å². The van der Waals surface area contributed by atoms with Crippen molar-refractivity contribution >= 4 is 35.6 Å². The molecule has 0 bridgehead atoms. The van der Waals surface area contributed by atoms with E-state index in [-0.39, 0.29) is 24.2 Å². The van der Waals surface area contributed by atoms with E-state index < -0.39 is 0 Å². The van der Waals surface area contributed by atoms with Crippen molar-refractivity contribution in [2.75, 3.05) is 36.8 Å². The molecule has 32 heavy (non-hydrogen) atoms. The molecule has 0 aliphatic rings. The maximum atomic E-state index is 12.0. The number of hydrogen-bond acceptors (Lipinski definition) is 4. The minimum absolute atomic E-state index is 0. The predicted octanol–water partition coefficient (Wildman–Crippen LogP) is 4.07. The van der Waals surface area contributed by atoms with Crippen LogP contribution in [0.4, 0.5) is 11.4 Å². The summed E-state index contributed by atoms with van der Waals surface area (Å²) in [6.07, 6.45) is 0.786. The number of rotatable bonds is 12. The predicted molar refractivity (Wildman–Crippen MR) is 136 cm³/mol. The summed E-state index contributed by atoms with van der Waals surface area (Å²) in [5.41, 5.74) is 3.91. The van der Waals surface area contributed by atoms with Crippen LogP contribution in [-0.2, 0) is 16.0 Å². The van der Waals surface area contributed by atoms with Gasteiger partial charge in [0.1, 0.15) is 0 Å². The van der Waals surface area contributed by atoms with E-state index in [2.05, 4.69) is 49.0 Å². The molecule has 0 saturated carbocycles. The number of halogens is 1. The van der Waals surface area contributed by atoms with Gasteiger partial charge in [-0.1, -0.05) is 52.0 Å². The molecule has 0 saturated heterocycles. The van der Waals surface area contributed by atoms with Gasteiger partial charge in [0.25, 0.3) is 0 Å². The zero-order chi connectivity index (χ0) is 22.6. The van der Waals surface area contributed by atoms with Crippen molar-refractivity contribution < 1.29 is 9.59 Å². The second-order valence-corrected chi connectivity index (χ2v) is 8.72. The van der Waals surface area contributed by atoms with Gasteiger partial charge in [0.15, 0.2) is 0 Å². The van der Waals surface area contributed by atoms with Crippen molar-refractivity contribution in [3.63, 3.8) is 0 Å². The lowest BCUT2D eigenvalue weighted by molar-refractivity contribution is -0.116. The highest BCUT2D eigenvalue weighted by Gasteiger charge is 2.05. The van der Waals surface area contributed by atoms with Gasteiger partial charge in [-0.2, -0.15) is 0 Å². The fourth-order valence-corrected chi connectivity index (χ4v) is 3.01. The molecular weight excluding hydrogens is 424 g/mol. The van der Waals surface area contributed by atoms with Crippen LogP contribution in [0, 0.1) is 11.8 Å². The summed E-state index contributed by atoms with van der Waals surface area (Å²) in [5, 5.41) is 12.1. The summed E-state index contributed by atoms with van der Waals surface area (Å²) in [4.78, 5) is 23.9. The molecule has 0 atom stereocenters. The topological polar surface area (TPSA) is 82.3 Å². The third-order valence-corrected chi connectivity index (χ3v) is 4.56. The standard InChI is InChI=1S/C25H36N4O2.ClH/c1-18(2)14-26-16-24(30)28-22-9-5-20(6-10-22)13-21-7-11-23(12-8-21)29-25(31)17-27-15-19(3)4;/h5-12,18-19,26-27H,13-17H2,1-4H3,(H,28,30)(H,29,31);1H. The van der Waals surface area contributed by atoms with Gasteiger partial charge < -0.3 is 21.3 Å². The van der Waals surface area contributed by atoms with Crippen LogP contribution in [0.15, 0.2) is 48.5 Å². The minimum atomic E-state index is -0.0366. The number of hydrogen-bond donors (Lipinski definition) is 4. The summed E-state index contributed by atoms with van der Waals surface area (Å²) in [6, 6.07) is 15.8. The number of anilines is 2. The number of carbonyl (C=O) groups is 2. The first-order valence-corrected chi connectivity index (χ1v) is 11.0. The van der Waals surface area contributed by atoms with Gasteiger partial charge in [-0.3, -0.25) is 9.59 Å². The molecule has 0 unspecified atom stereocenters. The van der Waals surface area contributed by atoms with E-state index in [4.69, 9.17) is 0 Å². The molecule has 2 aromatic rings. The van der Waals surface area contributed by atoms with Crippen LogP contribution in [-0.4, -0.2) is 38.0 Å². The number of amides is 2. The van der Waals surface area contributed by atoms with Gasteiger partial charge in [-0.15, -0.1) is 12.4 Å². The molecule has 0 aliphatic heterocycles. The molecule has 2 amide bonds. The third kappa shape index (κ3) is 11.3. The zero-order valence-electron chi connectivity index (χ0n) is 19.5. The smallest absolute Gasteiger partial charge is 0.238 e. The highest BCUT2D eigenvalue weighted by atomic mass is 35.5. The third-order valence-electron chi connectivity index (χ3n) is 4.56. The Kier molecular flexibility index (Phi) is 12.6. The quantitative estimate of drug-likeness (QED) is 0.385. The normalized spacial score (nSPS) is 10.7. The van der Waals surface area contributed by atoms with Gasteiger partial charge in [0.2, 0.25) is 11.8 Å². The van der Waals surface area contributed by atoms with Crippen molar-refractivity contribution in [1.29, 1.82) is 0 Å². The molecule has 0 spiro atoms. The van der Waals surface area contributed by atoms with E-state index in [1.165, 1.54) is 0 Å². The summed E-state index contributed by atoms with van der Waals surface area (Å²) in [6.45, 7) is 10.7. The molecule has 0 heterocycles. The van der Waals surface area contributed by atoms with Crippen LogP contribution in [0.1, 0.15) is 38.8 Å². The number of benzene rings is 2. The van der Waals surface area contributed by atoms with Gasteiger partial charge in [0.05, 0.1) is 13.1 Å². The van der Waals surface area contributed by atoms with Crippen LogP contribution in [0.5, 0.6) is 0 Å². The van der Waals surface area contributed by atoms with Gasteiger partial charge in [0, 0.05) is 11.4 Å². The summed E-state index contributed by atoms with van der Waals surface area (Å²) < 4.78 is 0. The Hall–Kier alpha value is -2.41. The van der Waals surface area contributed by atoms with Crippen LogP contribution < -0.4 is 21.3 Å². The first-order valence-electron chi connectivity index (χ1n) is 11.0. The first kappa shape index (κ1) is 27.6. The first-order chi connectivity index (χ1) is 14.8. The maximum absolute atomic E-state index is 12.0. The summed E-state index contributed by atoms with van der Waals surface area (Å²) >= 11 is 0. The maximum Gasteiger partial charge on any atom is 0.238 e. The average molecular weight is 461 g/mol. The van der Waals surface area contributed by atoms with E-state index in [1.54, 1.807) is 0 Å². The van der Waals surface area contributed by atoms with E-state index in [0.29, 0.717) is 24.9 Å². The molecule has 2 aromatic carbocycles. The zero-order valence-corrected chi connectivity index (χ0v) is 20.4. The molecule has 176 valence electrons. The largest absolute Gasteiger partial charge is 0.325 e. The Labute approximate surface area is 198 Å². The van der Waals surface area contributed by atoms with Gasteiger partial charge >= 0.3 is 0 Å². The van der Waals surface area contributed by atoms with E-state index in [9.17, 15) is 9.59 Å². The van der Waals surface area contributed by atoms with E-state index in [1.807, 2.05) is 48.5 Å². The summed E-state index contributed by atoms with van der Waals surface area (Å²) in [7, 11) is 0. The fourth-order valence-electron chi connectivity index (χ4n) is 3.01. The Morgan fingerprint density at radius 3 is 1.31 bits per heavy atom. The van der Waals surface area contributed by atoms with Crippen molar-refractivity contribution in [1.82, 2.24) is 10.6 Å². The van der Waals surface area contributed by atoms with Crippen LogP contribution in [0.2, 0.25) is 0 Å². The van der Waals surface area contributed by atoms with Gasteiger partial charge in [-0.25, -0.2) is 0 Å². The molecular formula is C25H37ClN4O2. The Morgan fingerprint density at radius 2 is 1.00 bits per heavy atom. The monoisotopic (exact) mass is 460 g/mol. The van der Waals surface area contributed by atoms with Crippen molar-refractivity contribution in [2.45, 2.75) is 34.1 Å². The highest BCUT2D eigenvalue weighted by molar-refractivity contribution is 5.92. The highest BCUT2D eigenvalue weighted by Crippen LogP contribution is 2.16. The average Bonchev–Trinajstić information content (AvgIpc) is 2.70. The fraction of sp³-hybridized carbons (Fsp3) is 0.440. The van der Waals surface area contributed by atoms with Gasteiger partial charge in [-0.05, 0) is 66.7 Å². The Morgan fingerprint density at radius 1 is 0.656 bits per heavy atom. The second kappa shape index (κ2) is 14.6. The lowest BCUT2D eigenvalue weighted by Crippen LogP contribution is -2.30. The van der Waals surface area contributed by atoms with E-state index >= 15 is 0 Å². The minimum Gasteiger partial charge on any atom is -0.325 e. The lowest BCUT2D eigenvalue weighted by Gasteiger charge is -2.10. The molecule has 0 fully saturated rings.